The van der Waals surface area contributed by atoms with Crippen molar-refractivity contribution in [2.24, 2.45) is 0 Å². The summed E-state index contributed by atoms with van der Waals surface area (Å²) in [4.78, 5) is 21.8. The van der Waals surface area contributed by atoms with Crippen LogP contribution in [0.15, 0.2) is 40.4 Å². The fourth-order valence-electron chi connectivity index (χ4n) is 2.58. The molecule has 3 heterocycles. The molecule has 0 unspecified atom stereocenters. The summed E-state index contributed by atoms with van der Waals surface area (Å²) < 4.78 is 6.75. The molecule has 0 saturated carbocycles. The second-order valence-corrected chi connectivity index (χ2v) is 5.02. The van der Waals surface area contributed by atoms with Crippen molar-refractivity contribution in [1.82, 2.24) is 14.5 Å². The highest BCUT2D eigenvalue weighted by Gasteiger charge is 2.15. The zero-order valence-electron chi connectivity index (χ0n) is 13.2. The van der Waals surface area contributed by atoms with E-state index in [1.54, 1.807) is 35.3 Å². The minimum Gasteiger partial charge on any atom is -0.472 e. The number of nitrogens with one attached hydrogen (secondary N) is 1. The highest BCUT2D eigenvalue weighted by atomic mass is 16.3. The number of fused-ring (bicyclic) bond motifs is 1. The molecule has 0 aliphatic rings. The first-order chi connectivity index (χ1) is 11.2. The molecule has 0 aliphatic carbocycles. The highest BCUT2D eigenvalue weighted by Crippen LogP contribution is 2.24. The molecule has 0 radical (unpaired) electrons. The van der Waals surface area contributed by atoms with Gasteiger partial charge in [-0.05, 0) is 32.1 Å². The number of rotatable bonds is 5. The van der Waals surface area contributed by atoms with Gasteiger partial charge in [-0.15, -0.1) is 0 Å². The lowest BCUT2D eigenvalue weighted by Gasteiger charge is -2.13. The number of pyridine rings is 1. The molecule has 23 heavy (non-hydrogen) atoms. The summed E-state index contributed by atoms with van der Waals surface area (Å²) in [7, 11) is 0. The Labute approximate surface area is 133 Å². The Bertz CT molecular complexity index is 910. The predicted octanol–water partition coefficient (Wildman–Crippen LogP) is 3.15. The van der Waals surface area contributed by atoms with Crippen molar-refractivity contribution in [1.29, 1.82) is 0 Å². The standard InChI is InChI=1S/C17H18N4O2/c1-4-14-13-9-12(11-7-8-23-10-11)16(22)21(6-3)15(13)20-17(19-14)18-5-2/h4,7-10H,1,5-6H2,2-3H3,(H,18,19,20). The molecule has 0 fully saturated rings. The molecule has 1 N–H and O–H groups in total. The van der Waals surface area contributed by atoms with E-state index in [-0.39, 0.29) is 5.56 Å². The van der Waals surface area contributed by atoms with E-state index in [4.69, 9.17) is 4.42 Å². The van der Waals surface area contributed by atoms with E-state index in [0.717, 1.165) is 10.9 Å². The van der Waals surface area contributed by atoms with Crippen molar-refractivity contribution in [2.75, 3.05) is 11.9 Å². The number of anilines is 1. The Morgan fingerprint density at radius 3 is 2.83 bits per heavy atom. The lowest BCUT2D eigenvalue weighted by atomic mass is 10.1. The Morgan fingerprint density at radius 2 is 2.22 bits per heavy atom. The molecule has 0 spiro atoms. The Kier molecular flexibility index (Phi) is 3.97. The minimum atomic E-state index is -0.0995. The first-order valence-corrected chi connectivity index (χ1v) is 7.54. The van der Waals surface area contributed by atoms with E-state index in [1.165, 1.54) is 0 Å². The van der Waals surface area contributed by atoms with Crippen molar-refractivity contribution in [3.05, 3.63) is 47.3 Å². The molecule has 6 heteroatoms. The molecule has 6 nitrogen and oxygen atoms in total. The van der Waals surface area contributed by atoms with Gasteiger partial charge < -0.3 is 9.73 Å². The normalized spacial score (nSPS) is 10.9. The van der Waals surface area contributed by atoms with Crippen LogP contribution < -0.4 is 10.9 Å². The van der Waals surface area contributed by atoms with Crippen LogP contribution in [0.3, 0.4) is 0 Å². The largest absolute Gasteiger partial charge is 0.472 e. The van der Waals surface area contributed by atoms with E-state index >= 15 is 0 Å². The molecule has 0 amide bonds. The van der Waals surface area contributed by atoms with E-state index in [2.05, 4.69) is 21.9 Å². The lowest BCUT2D eigenvalue weighted by molar-refractivity contribution is 0.568. The second kappa shape index (κ2) is 6.08. The summed E-state index contributed by atoms with van der Waals surface area (Å²) in [6.07, 6.45) is 4.78. The monoisotopic (exact) mass is 310 g/mol. The number of hydrogen-bond donors (Lipinski definition) is 1. The topological polar surface area (TPSA) is 73.0 Å². The van der Waals surface area contributed by atoms with Crippen LogP contribution in [0.25, 0.3) is 28.2 Å². The molecule has 0 saturated heterocycles. The van der Waals surface area contributed by atoms with E-state index in [0.29, 0.717) is 35.9 Å². The highest BCUT2D eigenvalue weighted by molar-refractivity contribution is 5.88. The van der Waals surface area contributed by atoms with Crippen LogP contribution in [0, 0.1) is 0 Å². The van der Waals surface area contributed by atoms with Crippen LogP contribution in [-0.2, 0) is 6.54 Å². The molecular formula is C17H18N4O2. The number of nitrogens with zero attached hydrogens (tertiary/aromatic N) is 3. The average Bonchev–Trinajstić information content (AvgIpc) is 3.08. The molecule has 0 atom stereocenters. The fourth-order valence-corrected chi connectivity index (χ4v) is 2.58. The Morgan fingerprint density at radius 1 is 1.39 bits per heavy atom. The molecule has 0 bridgehead atoms. The van der Waals surface area contributed by atoms with Gasteiger partial charge in [0, 0.05) is 24.0 Å². The molecule has 3 aromatic rings. The maximum Gasteiger partial charge on any atom is 0.260 e. The van der Waals surface area contributed by atoms with Gasteiger partial charge >= 0.3 is 0 Å². The zero-order valence-corrected chi connectivity index (χ0v) is 13.2. The molecule has 3 rings (SSSR count). The average molecular weight is 310 g/mol. The minimum absolute atomic E-state index is 0.0995. The van der Waals surface area contributed by atoms with E-state index in [1.807, 2.05) is 13.8 Å². The van der Waals surface area contributed by atoms with Crippen LogP contribution in [-0.4, -0.2) is 21.1 Å². The van der Waals surface area contributed by atoms with E-state index < -0.39 is 0 Å². The fraction of sp³-hybridized carbons (Fsp3) is 0.235. The van der Waals surface area contributed by atoms with Crippen LogP contribution in [0.4, 0.5) is 5.95 Å². The summed E-state index contributed by atoms with van der Waals surface area (Å²) in [5.74, 6) is 0.493. The van der Waals surface area contributed by atoms with Gasteiger partial charge in [0.05, 0.1) is 23.8 Å². The first-order valence-electron chi connectivity index (χ1n) is 7.54. The van der Waals surface area contributed by atoms with Crippen LogP contribution in [0.2, 0.25) is 0 Å². The van der Waals surface area contributed by atoms with Crippen molar-refractivity contribution in [2.45, 2.75) is 20.4 Å². The van der Waals surface area contributed by atoms with Crippen LogP contribution in [0.5, 0.6) is 0 Å². The van der Waals surface area contributed by atoms with Crippen molar-refractivity contribution in [3.63, 3.8) is 0 Å². The van der Waals surface area contributed by atoms with Gasteiger partial charge in [0.25, 0.3) is 5.56 Å². The van der Waals surface area contributed by atoms with Crippen molar-refractivity contribution in [3.8, 4) is 11.1 Å². The molecule has 0 aliphatic heterocycles. The summed E-state index contributed by atoms with van der Waals surface area (Å²) in [6.45, 7) is 8.93. The summed E-state index contributed by atoms with van der Waals surface area (Å²) in [5.41, 5.74) is 2.50. The molecule has 118 valence electrons. The Balaban J connectivity index is 2.40. The number of furan rings is 1. The summed E-state index contributed by atoms with van der Waals surface area (Å²) in [5, 5.41) is 3.88. The number of aryl methyl sites for hydroxylation is 1. The van der Waals surface area contributed by atoms with Gasteiger partial charge in [0.15, 0.2) is 0 Å². The molecule has 0 aromatic carbocycles. The van der Waals surface area contributed by atoms with Gasteiger partial charge in [-0.3, -0.25) is 9.36 Å². The smallest absolute Gasteiger partial charge is 0.260 e. The maximum absolute atomic E-state index is 12.8. The van der Waals surface area contributed by atoms with Gasteiger partial charge in [-0.2, -0.15) is 4.98 Å². The van der Waals surface area contributed by atoms with Crippen molar-refractivity contribution >= 4 is 23.1 Å². The third-order valence-electron chi connectivity index (χ3n) is 3.65. The Hall–Kier alpha value is -2.89. The molecule has 3 aromatic heterocycles. The third-order valence-corrected chi connectivity index (χ3v) is 3.65. The summed E-state index contributed by atoms with van der Waals surface area (Å²) >= 11 is 0. The van der Waals surface area contributed by atoms with Gasteiger partial charge in [0.1, 0.15) is 5.65 Å². The van der Waals surface area contributed by atoms with E-state index in [9.17, 15) is 4.79 Å². The van der Waals surface area contributed by atoms with Gasteiger partial charge in [-0.25, -0.2) is 4.98 Å². The van der Waals surface area contributed by atoms with Crippen LogP contribution in [0.1, 0.15) is 19.5 Å². The number of hydrogen-bond acceptors (Lipinski definition) is 5. The summed E-state index contributed by atoms with van der Waals surface area (Å²) in [6, 6.07) is 3.57. The van der Waals surface area contributed by atoms with Crippen LogP contribution >= 0.6 is 0 Å². The number of aromatic nitrogens is 3. The third kappa shape index (κ3) is 2.52. The zero-order chi connectivity index (χ0) is 16.4. The first kappa shape index (κ1) is 15.0. The SMILES string of the molecule is C=Cc1nc(NCC)nc2c1cc(-c1ccoc1)c(=O)n2CC. The predicted molar refractivity (Wildman–Crippen MR) is 91.4 cm³/mol. The quantitative estimate of drug-likeness (QED) is 0.783. The second-order valence-electron chi connectivity index (χ2n) is 5.02. The van der Waals surface area contributed by atoms with Gasteiger partial charge in [0.2, 0.25) is 5.95 Å². The maximum atomic E-state index is 12.8. The van der Waals surface area contributed by atoms with Gasteiger partial charge in [-0.1, -0.05) is 6.58 Å². The molecular weight excluding hydrogens is 292 g/mol. The lowest BCUT2D eigenvalue weighted by Crippen LogP contribution is -2.23. The van der Waals surface area contributed by atoms with Crippen molar-refractivity contribution < 1.29 is 4.42 Å².